The zero-order chi connectivity index (χ0) is 12.2. The molecule has 0 bridgehead atoms. The first-order valence-corrected chi connectivity index (χ1v) is 7.15. The van der Waals surface area contributed by atoms with Crippen LogP contribution in [-0.4, -0.2) is 14.7 Å². The molecule has 0 spiro atoms. The Kier molecular flexibility index (Phi) is 2.23. The molecule has 1 aromatic carbocycles. The first kappa shape index (κ1) is 11.6. The lowest BCUT2D eigenvalue weighted by molar-refractivity contribution is 0.510. The van der Waals surface area contributed by atoms with Crippen LogP contribution >= 0.6 is 0 Å². The Balaban J connectivity index is 2.36. The van der Waals surface area contributed by atoms with Crippen molar-refractivity contribution in [3.8, 4) is 0 Å². The summed E-state index contributed by atoms with van der Waals surface area (Å²) in [7, 11) is -3.11. The Morgan fingerprint density at radius 2 is 1.62 bits per heavy atom. The standard InChI is InChI=1S/C12H17NO2S/c1-11(2)8-12(11,13)9-4-6-10(7-5-9)16(3,14)15/h4-7H,8,13H2,1-3H3. The first-order valence-electron chi connectivity index (χ1n) is 5.26. The molecule has 0 radical (unpaired) electrons. The molecule has 0 aromatic heterocycles. The van der Waals surface area contributed by atoms with Crippen LogP contribution in [0, 0.1) is 5.41 Å². The molecule has 2 N–H and O–H groups in total. The Bertz CT molecular complexity index is 516. The lowest BCUT2D eigenvalue weighted by Gasteiger charge is -2.15. The van der Waals surface area contributed by atoms with Gasteiger partial charge in [-0.1, -0.05) is 26.0 Å². The van der Waals surface area contributed by atoms with Crippen LogP contribution < -0.4 is 5.73 Å². The van der Waals surface area contributed by atoms with E-state index in [1.165, 1.54) is 6.26 Å². The van der Waals surface area contributed by atoms with Gasteiger partial charge >= 0.3 is 0 Å². The van der Waals surface area contributed by atoms with Crippen LogP contribution in [0.2, 0.25) is 0 Å². The Labute approximate surface area is 96.6 Å². The van der Waals surface area contributed by atoms with Crippen LogP contribution in [-0.2, 0) is 15.4 Å². The van der Waals surface area contributed by atoms with Crippen LogP contribution in [0.5, 0.6) is 0 Å². The summed E-state index contributed by atoms with van der Waals surface area (Å²) in [6.07, 6.45) is 2.15. The minimum Gasteiger partial charge on any atom is -0.321 e. The van der Waals surface area contributed by atoms with E-state index >= 15 is 0 Å². The summed E-state index contributed by atoms with van der Waals surface area (Å²) in [5.74, 6) is 0. The van der Waals surface area contributed by atoms with Gasteiger partial charge in [0.1, 0.15) is 0 Å². The monoisotopic (exact) mass is 239 g/mol. The predicted molar refractivity (Wildman–Crippen MR) is 63.8 cm³/mol. The van der Waals surface area contributed by atoms with Crippen molar-refractivity contribution in [1.82, 2.24) is 0 Å². The molecule has 2 rings (SSSR count). The lowest BCUT2D eigenvalue weighted by Crippen LogP contribution is -2.25. The van der Waals surface area contributed by atoms with Crippen LogP contribution in [0.4, 0.5) is 0 Å². The fourth-order valence-electron chi connectivity index (χ4n) is 2.15. The number of hydrogen-bond donors (Lipinski definition) is 1. The van der Waals surface area contributed by atoms with Crippen molar-refractivity contribution in [3.05, 3.63) is 29.8 Å². The van der Waals surface area contributed by atoms with Gasteiger partial charge < -0.3 is 5.73 Å². The van der Waals surface area contributed by atoms with Gasteiger partial charge in [-0.3, -0.25) is 0 Å². The molecule has 1 saturated carbocycles. The van der Waals surface area contributed by atoms with Crippen molar-refractivity contribution in [2.75, 3.05) is 6.26 Å². The number of hydrogen-bond acceptors (Lipinski definition) is 3. The number of rotatable bonds is 2. The van der Waals surface area contributed by atoms with Crippen LogP contribution in [0.15, 0.2) is 29.2 Å². The van der Waals surface area contributed by atoms with Gasteiger partial charge in [0.2, 0.25) is 0 Å². The van der Waals surface area contributed by atoms with Gasteiger partial charge in [-0.25, -0.2) is 8.42 Å². The largest absolute Gasteiger partial charge is 0.321 e. The van der Waals surface area contributed by atoms with E-state index in [-0.39, 0.29) is 11.0 Å². The highest BCUT2D eigenvalue weighted by molar-refractivity contribution is 7.90. The maximum absolute atomic E-state index is 11.3. The molecule has 0 aliphatic heterocycles. The molecule has 88 valence electrons. The van der Waals surface area contributed by atoms with Crippen LogP contribution in [0.3, 0.4) is 0 Å². The molecule has 1 aliphatic rings. The average Bonchev–Trinajstić information content (AvgIpc) is 2.66. The molecule has 0 heterocycles. The van der Waals surface area contributed by atoms with Crippen LogP contribution in [0.25, 0.3) is 0 Å². The second kappa shape index (κ2) is 3.08. The molecular weight excluding hydrogens is 222 g/mol. The van der Waals surface area contributed by atoms with E-state index in [1.54, 1.807) is 12.1 Å². The van der Waals surface area contributed by atoms with Crippen molar-refractivity contribution < 1.29 is 8.42 Å². The zero-order valence-electron chi connectivity index (χ0n) is 9.82. The quantitative estimate of drug-likeness (QED) is 0.854. The summed E-state index contributed by atoms with van der Waals surface area (Å²) in [6, 6.07) is 6.91. The lowest BCUT2D eigenvalue weighted by atomic mass is 9.97. The van der Waals surface area contributed by atoms with Gasteiger partial charge in [-0.2, -0.15) is 0 Å². The predicted octanol–water partition coefficient (Wildman–Crippen LogP) is 1.67. The van der Waals surface area contributed by atoms with E-state index in [9.17, 15) is 8.42 Å². The molecule has 3 nitrogen and oxygen atoms in total. The van der Waals surface area contributed by atoms with Gasteiger partial charge in [0.15, 0.2) is 9.84 Å². The van der Waals surface area contributed by atoms with Gasteiger partial charge in [0, 0.05) is 11.8 Å². The normalized spacial score (nSPS) is 27.8. The topological polar surface area (TPSA) is 60.2 Å². The summed E-state index contributed by atoms with van der Waals surface area (Å²) in [6.45, 7) is 4.24. The summed E-state index contributed by atoms with van der Waals surface area (Å²) >= 11 is 0. The summed E-state index contributed by atoms with van der Waals surface area (Å²) in [4.78, 5) is 0.346. The number of nitrogens with two attached hydrogens (primary N) is 1. The van der Waals surface area contributed by atoms with Crippen molar-refractivity contribution in [1.29, 1.82) is 0 Å². The Morgan fingerprint density at radius 3 is 1.94 bits per heavy atom. The van der Waals surface area contributed by atoms with Crippen molar-refractivity contribution >= 4 is 9.84 Å². The van der Waals surface area contributed by atoms with E-state index in [4.69, 9.17) is 5.73 Å². The summed E-state index contributed by atoms with van der Waals surface area (Å²) < 4.78 is 22.6. The highest BCUT2D eigenvalue weighted by atomic mass is 32.2. The van der Waals surface area contributed by atoms with E-state index < -0.39 is 9.84 Å². The van der Waals surface area contributed by atoms with Gasteiger partial charge in [0.05, 0.1) is 4.90 Å². The highest BCUT2D eigenvalue weighted by Gasteiger charge is 2.59. The van der Waals surface area contributed by atoms with Crippen molar-refractivity contribution in [3.63, 3.8) is 0 Å². The van der Waals surface area contributed by atoms with E-state index in [2.05, 4.69) is 13.8 Å². The van der Waals surface area contributed by atoms with E-state index in [0.29, 0.717) is 4.90 Å². The van der Waals surface area contributed by atoms with Gasteiger partial charge in [-0.15, -0.1) is 0 Å². The molecule has 1 aromatic rings. The third-order valence-corrected chi connectivity index (χ3v) is 4.73. The zero-order valence-corrected chi connectivity index (χ0v) is 10.6. The Hall–Kier alpha value is -0.870. The van der Waals surface area contributed by atoms with E-state index in [1.807, 2.05) is 12.1 Å². The third-order valence-electron chi connectivity index (χ3n) is 3.60. The van der Waals surface area contributed by atoms with Crippen molar-refractivity contribution in [2.24, 2.45) is 11.1 Å². The molecule has 16 heavy (non-hydrogen) atoms. The SMILES string of the molecule is CC1(C)CC1(N)c1ccc(S(C)(=O)=O)cc1. The van der Waals surface area contributed by atoms with Crippen LogP contribution in [0.1, 0.15) is 25.8 Å². The molecule has 1 unspecified atom stereocenters. The van der Waals surface area contributed by atoms with Crippen molar-refractivity contribution in [2.45, 2.75) is 30.7 Å². The fraction of sp³-hybridized carbons (Fsp3) is 0.500. The molecule has 1 fully saturated rings. The second-order valence-corrected chi connectivity index (χ2v) is 7.34. The smallest absolute Gasteiger partial charge is 0.175 e. The molecule has 1 atom stereocenters. The van der Waals surface area contributed by atoms with E-state index in [0.717, 1.165) is 12.0 Å². The molecule has 0 saturated heterocycles. The number of sulfone groups is 1. The molecule has 0 amide bonds. The minimum atomic E-state index is -3.11. The molecule has 1 aliphatic carbocycles. The summed E-state index contributed by atoms with van der Waals surface area (Å²) in [5.41, 5.74) is 7.10. The van der Waals surface area contributed by atoms with Gasteiger partial charge in [-0.05, 0) is 29.5 Å². The first-order chi connectivity index (χ1) is 7.17. The molecular formula is C12H17NO2S. The Morgan fingerprint density at radius 1 is 1.19 bits per heavy atom. The number of benzene rings is 1. The average molecular weight is 239 g/mol. The minimum absolute atomic E-state index is 0.111. The highest BCUT2D eigenvalue weighted by Crippen LogP contribution is 2.60. The maximum atomic E-state index is 11.3. The van der Waals surface area contributed by atoms with Gasteiger partial charge in [0.25, 0.3) is 0 Å². The second-order valence-electron chi connectivity index (χ2n) is 5.33. The third kappa shape index (κ3) is 1.66. The fourth-order valence-corrected chi connectivity index (χ4v) is 2.78. The maximum Gasteiger partial charge on any atom is 0.175 e. The summed E-state index contributed by atoms with van der Waals surface area (Å²) in [5, 5.41) is 0. The molecule has 4 heteroatoms.